The lowest BCUT2D eigenvalue weighted by Crippen LogP contribution is -2.34. The van der Waals surface area contributed by atoms with Crippen molar-refractivity contribution in [2.24, 2.45) is 4.99 Å². The highest BCUT2D eigenvalue weighted by molar-refractivity contribution is 8.14. The first-order valence-electron chi connectivity index (χ1n) is 4.96. The standard InChI is InChI=1S/C10H15N3O2S/c1-10(2,3)15-9(14)12-5-8-13-7(4-11)6-16-8/h7H,5-6H2,1-3H3,(H,12,14). The van der Waals surface area contributed by atoms with Crippen LogP contribution in [0.25, 0.3) is 0 Å². The van der Waals surface area contributed by atoms with Crippen LogP contribution >= 0.6 is 11.8 Å². The van der Waals surface area contributed by atoms with E-state index < -0.39 is 11.7 Å². The monoisotopic (exact) mass is 241 g/mol. The number of aliphatic imine (C=N–C) groups is 1. The number of amides is 1. The zero-order valence-corrected chi connectivity index (χ0v) is 10.4. The number of thioether (sulfide) groups is 1. The van der Waals surface area contributed by atoms with Crippen molar-refractivity contribution in [2.45, 2.75) is 32.4 Å². The fraction of sp³-hybridized carbons (Fsp3) is 0.700. The topological polar surface area (TPSA) is 74.5 Å². The van der Waals surface area contributed by atoms with Crippen LogP contribution in [-0.2, 0) is 4.74 Å². The maximum atomic E-state index is 11.3. The molecule has 16 heavy (non-hydrogen) atoms. The van der Waals surface area contributed by atoms with Gasteiger partial charge >= 0.3 is 6.09 Å². The fourth-order valence-corrected chi connectivity index (χ4v) is 1.92. The van der Waals surface area contributed by atoms with E-state index in [9.17, 15) is 4.79 Å². The van der Waals surface area contributed by atoms with E-state index in [-0.39, 0.29) is 6.04 Å². The van der Waals surface area contributed by atoms with Crippen molar-refractivity contribution in [1.82, 2.24) is 5.32 Å². The summed E-state index contributed by atoms with van der Waals surface area (Å²) < 4.78 is 5.07. The van der Waals surface area contributed by atoms with Crippen LogP contribution in [0, 0.1) is 11.3 Å². The number of hydrogen-bond donors (Lipinski definition) is 1. The Hall–Kier alpha value is -1.22. The largest absolute Gasteiger partial charge is 0.444 e. The second-order valence-corrected chi connectivity index (χ2v) is 5.43. The van der Waals surface area contributed by atoms with Gasteiger partial charge in [0.2, 0.25) is 0 Å². The summed E-state index contributed by atoms with van der Waals surface area (Å²) in [5.41, 5.74) is -0.496. The van der Waals surface area contributed by atoms with Crippen molar-refractivity contribution in [3.63, 3.8) is 0 Å². The third-order valence-corrected chi connectivity index (χ3v) is 2.70. The predicted octanol–water partition coefficient (Wildman–Crippen LogP) is 1.55. The molecule has 88 valence electrons. The number of rotatable bonds is 2. The lowest BCUT2D eigenvalue weighted by Gasteiger charge is -2.19. The van der Waals surface area contributed by atoms with E-state index >= 15 is 0 Å². The minimum Gasteiger partial charge on any atom is -0.444 e. The predicted molar refractivity (Wildman–Crippen MR) is 63.5 cm³/mol. The molecule has 1 heterocycles. The molecule has 0 aromatic heterocycles. The molecule has 0 spiro atoms. The van der Waals surface area contributed by atoms with Crippen LogP contribution in [0.15, 0.2) is 4.99 Å². The Morgan fingerprint density at radius 2 is 2.44 bits per heavy atom. The molecule has 1 aliphatic rings. The molecule has 0 saturated heterocycles. The summed E-state index contributed by atoms with van der Waals surface area (Å²) in [6.45, 7) is 5.75. The van der Waals surface area contributed by atoms with Crippen molar-refractivity contribution in [3.8, 4) is 6.07 Å². The third-order valence-electron chi connectivity index (χ3n) is 1.64. The van der Waals surface area contributed by atoms with Crippen molar-refractivity contribution < 1.29 is 9.53 Å². The summed E-state index contributed by atoms with van der Waals surface area (Å²) in [4.78, 5) is 15.4. The molecule has 6 heteroatoms. The smallest absolute Gasteiger partial charge is 0.407 e. The number of hydrogen-bond acceptors (Lipinski definition) is 5. The van der Waals surface area contributed by atoms with E-state index in [1.165, 1.54) is 11.8 Å². The van der Waals surface area contributed by atoms with Gasteiger partial charge in [0, 0.05) is 5.75 Å². The van der Waals surface area contributed by atoms with Crippen LogP contribution in [-0.4, -0.2) is 35.1 Å². The number of nitriles is 1. The first-order valence-corrected chi connectivity index (χ1v) is 5.95. The van der Waals surface area contributed by atoms with Crippen LogP contribution < -0.4 is 5.32 Å². The molecule has 0 bridgehead atoms. The zero-order chi connectivity index (χ0) is 12.2. The maximum absolute atomic E-state index is 11.3. The Balaban J connectivity index is 2.31. The average molecular weight is 241 g/mol. The van der Waals surface area contributed by atoms with Crippen molar-refractivity contribution in [1.29, 1.82) is 5.26 Å². The quantitative estimate of drug-likeness (QED) is 0.796. The average Bonchev–Trinajstić information content (AvgIpc) is 2.59. The Bertz CT molecular complexity index is 341. The van der Waals surface area contributed by atoms with Crippen molar-refractivity contribution in [2.75, 3.05) is 12.3 Å². The molecule has 1 aliphatic heterocycles. The molecule has 1 unspecified atom stereocenters. The third kappa shape index (κ3) is 4.53. The van der Waals surface area contributed by atoms with Gasteiger partial charge in [-0.05, 0) is 20.8 Å². The van der Waals surface area contributed by atoms with Gasteiger partial charge in [-0.3, -0.25) is 4.99 Å². The summed E-state index contributed by atoms with van der Waals surface area (Å²) in [6.07, 6.45) is -0.462. The normalized spacial score (nSPS) is 19.9. The van der Waals surface area contributed by atoms with E-state index in [0.717, 1.165) is 5.04 Å². The molecule has 1 amide bonds. The van der Waals surface area contributed by atoms with Gasteiger partial charge < -0.3 is 10.1 Å². The van der Waals surface area contributed by atoms with Crippen molar-refractivity contribution >= 4 is 22.9 Å². The number of carbonyl (C=O) groups is 1. The van der Waals surface area contributed by atoms with Gasteiger partial charge in [-0.2, -0.15) is 5.26 Å². The van der Waals surface area contributed by atoms with Gasteiger partial charge in [-0.1, -0.05) is 0 Å². The van der Waals surface area contributed by atoms with E-state index in [4.69, 9.17) is 10.00 Å². The molecule has 0 aliphatic carbocycles. The van der Waals surface area contributed by atoms with Crippen LogP contribution in [0.4, 0.5) is 4.79 Å². The van der Waals surface area contributed by atoms with Gasteiger partial charge in [0.1, 0.15) is 11.6 Å². The number of carbonyl (C=O) groups excluding carboxylic acids is 1. The molecule has 1 N–H and O–H groups in total. The number of nitrogens with zero attached hydrogens (tertiary/aromatic N) is 2. The molecule has 1 rings (SSSR count). The summed E-state index contributed by atoms with van der Waals surface area (Å²) >= 11 is 1.49. The highest BCUT2D eigenvalue weighted by Crippen LogP contribution is 2.16. The van der Waals surface area contributed by atoms with Gasteiger partial charge in [0.05, 0.1) is 17.7 Å². The zero-order valence-electron chi connectivity index (χ0n) is 9.61. The summed E-state index contributed by atoms with van der Waals surface area (Å²) in [5, 5.41) is 12.0. The SMILES string of the molecule is CC(C)(C)OC(=O)NCC1=NC(C#N)CS1. The minimum absolute atomic E-state index is 0.277. The fourth-order valence-electron chi connectivity index (χ4n) is 1.05. The van der Waals surface area contributed by atoms with Crippen LogP contribution in [0.5, 0.6) is 0 Å². The highest BCUT2D eigenvalue weighted by Gasteiger charge is 2.19. The van der Waals surface area contributed by atoms with Crippen LogP contribution in [0.3, 0.4) is 0 Å². The molecule has 0 fully saturated rings. The van der Waals surface area contributed by atoms with E-state index in [1.807, 2.05) is 0 Å². The maximum Gasteiger partial charge on any atom is 0.407 e. The Labute approximate surface area is 99.3 Å². The highest BCUT2D eigenvalue weighted by atomic mass is 32.2. The van der Waals surface area contributed by atoms with E-state index in [0.29, 0.717) is 12.3 Å². The van der Waals surface area contributed by atoms with Crippen LogP contribution in [0.1, 0.15) is 20.8 Å². The summed E-state index contributed by atoms with van der Waals surface area (Å²) in [6, 6.07) is 1.79. The number of nitrogens with one attached hydrogen (secondary N) is 1. The van der Waals surface area contributed by atoms with Crippen molar-refractivity contribution in [3.05, 3.63) is 0 Å². The first-order chi connectivity index (χ1) is 7.40. The summed E-state index contributed by atoms with van der Waals surface area (Å²) in [7, 11) is 0. The number of alkyl carbamates (subject to hydrolysis) is 1. The molecule has 1 atom stereocenters. The van der Waals surface area contributed by atoms with Gasteiger partial charge in [-0.15, -0.1) is 11.8 Å². The van der Waals surface area contributed by atoms with Crippen LogP contribution in [0.2, 0.25) is 0 Å². The molecule has 0 radical (unpaired) electrons. The molecule has 0 aromatic rings. The Kier molecular flexibility index (Phi) is 4.19. The molecular weight excluding hydrogens is 226 g/mol. The second kappa shape index (κ2) is 5.21. The molecule has 5 nitrogen and oxygen atoms in total. The van der Waals surface area contributed by atoms with Gasteiger partial charge in [-0.25, -0.2) is 4.79 Å². The Morgan fingerprint density at radius 1 is 1.75 bits per heavy atom. The first kappa shape index (κ1) is 12.8. The van der Waals surface area contributed by atoms with Gasteiger partial charge in [0.25, 0.3) is 0 Å². The molecular formula is C10H15N3O2S. The number of ether oxygens (including phenoxy) is 1. The lowest BCUT2D eigenvalue weighted by atomic mass is 10.2. The second-order valence-electron chi connectivity index (χ2n) is 4.33. The minimum atomic E-state index is -0.496. The Morgan fingerprint density at radius 3 is 2.94 bits per heavy atom. The summed E-state index contributed by atoms with van der Waals surface area (Å²) in [5.74, 6) is 0.668. The molecule has 0 saturated carbocycles. The molecule has 0 aromatic carbocycles. The van der Waals surface area contributed by atoms with E-state index in [1.54, 1.807) is 20.8 Å². The van der Waals surface area contributed by atoms with E-state index in [2.05, 4.69) is 16.4 Å². The lowest BCUT2D eigenvalue weighted by molar-refractivity contribution is 0.0536. The van der Waals surface area contributed by atoms with Gasteiger partial charge in [0.15, 0.2) is 0 Å².